The quantitative estimate of drug-likeness (QED) is 0.331. The van der Waals surface area contributed by atoms with E-state index in [9.17, 15) is 27.2 Å². The normalized spacial score (nSPS) is 14.4. The monoisotopic (exact) mass is 507 g/mol. The van der Waals surface area contributed by atoms with Crippen molar-refractivity contribution in [2.75, 3.05) is 7.11 Å². The van der Waals surface area contributed by atoms with E-state index in [1.807, 2.05) is 0 Å². The number of H-pyrrole nitrogens is 1. The molecule has 0 saturated heterocycles. The first-order valence-corrected chi connectivity index (χ1v) is 11.5. The number of nitrogens with one attached hydrogen (secondary N) is 2. The van der Waals surface area contributed by atoms with Gasteiger partial charge in [0.25, 0.3) is 11.5 Å². The zero-order valence-electron chi connectivity index (χ0n) is 18.5. The van der Waals surface area contributed by atoms with Crippen LogP contribution in [0.4, 0.5) is 17.6 Å². The Morgan fingerprint density at radius 1 is 1.20 bits per heavy atom. The van der Waals surface area contributed by atoms with Crippen molar-refractivity contribution in [1.29, 1.82) is 0 Å². The van der Waals surface area contributed by atoms with Crippen molar-refractivity contribution in [2.45, 2.75) is 35.7 Å². The van der Waals surface area contributed by atoms with Gasteiger partial charge in [-0.05, 0) is 65.9 Å². The number of alkyl halides is 3. The highest BCUT2D eigenvalue weighted by atomic mass is 32.2. The van der Waals surface area contributed by atoms with Gasteiger partial charge in [-0.2, -0.15) is 13.2 Å². The average molecular weight is 508 g/mol. The fourth-order valence-electron chi connectivity index (χ4n) is 3.72. The van der Waals surface area contributed by atoms with Crippen molar-refractivity contribution < 1.29 is 27.1 Å². The van der Waals surface area contributed by atoms with Crippen molar-refractivity contribution in [1.82, 2.24) is 15.3 Å². The van der Waals surface area contributed by atoms with E-state index in [4.69, 9.17) is 4.74 Å². The van der Waals surface area contributed by atoms with Crippen LogP contribution in [0.3, 0.4) is 0 Å². The van der Waals surface area contributed by atoms with Crippen LogP contribution < -0.4 is 15.6 Å². The highest BCUT2D eigenvalue weighted by Crippen LogP contribution is 2.42. The van der Waals surface area contributed by atoms with Gasteiger partial charge in [-0.3, -0.25) is 9.59 Å². The lowest BCUT2D eigenvalue weighted by atomic mass is 10.0. The van der Waals surface area contributed by atoms with E-state index in [0.29, 0.717) is 11.1 Å². The third-order valence-corrected chi connectivity index (χ3v) is 6.20. The molecule has 4 rings (SSSR count). The van der Waals surface area contributed by atoms with E-state index in [0.717, 1.165) is 18.9 Å². The van der Waals surface area contributed by atoms with Gasteiger partial charge in [0, 0.05) is 17.4 Å². The number of methoxy groups -OCH3 is 1. The number of rotatable bonds is 8. The van der Waals surface area contributed by atoms with Crippen molar-refractivity contribution in [3.05, 3.63) is 87.3 Å². The van der Waals surface area contributed by atoms with Crippen LogP contribution >= 0.6 is 11.8 Å². The van der Waals surface area contributed by atoms with Crippen molar-refractivity contribution in [2.24, 2.45) is 5.92 Å². The lowest BCUT2D eigenvalue weighted by molar-refractivity contribution is -0.0328. The number of amides is 1. The van der Waals surface area contributed by atoms with Crippen LogP contribution in [0.25, 0.3) is 0 Å². The highest BCUT2D eigenvalue weighted by Gasteiger charge is 2.34. The molecule has 1 unspecified atom stereocenters. The number of benzene rings is 2. The number of hydrogen-bond acceptors (Lipinski definition) is 5. The summed E-state index contributed by atoms with van der Waals surface area (Å²) in [7, 11) is 1.35. The van der Waals surface area contributed by atoms with Gasteiger partial charge in [0.2, 0.25) is 0 Å². The second-order valence-electron chi connectivity index (χ2n) is 8.13. The first-order chi connectivity index (χ1) is 16.6. The number of ether oxygens (including phenoxy) is 1. The van der Waals surface area contributed by atoms with Crippen LogP contribution in [-0.2, 0) is 6.42 Å². The van der Waals surface area contributed by atoms with E-state index in [1.165, 1.54) is 31.4 Å². The van der Waals surface area contributed by atoms with Gasteiger partial charge in [-0.15, -0.1) is 0 Å². The van der Waals surface area contributed by atoms with Crippen LogP contribution in [0.5, 0.6) is 5.75 Å². The number of halogens is 4. The summed E-state index contributed by atoms with van der Waals surface area (Å²) in [5, 5.41) is 2.86. The van der Waals surface area contributed by atoms with E-state index >= 15 is 0 Å². The minimum absolute atomic E-state index is 0.0537. The first kappa shape index (κ1) is 24.8. The summed E-state index contributed by atoms with van der Waals surface area (Å²) in [5.74, 6) is -0.732. The standard InChI is InChI=1S/C24H21F4N3O3S/c1-34-19-9-2-13(10-17(19)25)11-20-29-18(12-21(32)30-20)23(33)31-22(14-3-4-14)15-5-7-16(8-6-15)35-24(26,27)28/h2,5-10,12,14,22H,3-4,11H2,1H3,(H,31,33)(H,29,30,32). The topological polar surface area (TPSA) is 84.1 Å². The molecule has 184 valence electrons. The van der Waals surface area contributed by atoms with Crippen LogP contribution in [0.1, 0.15) is 46.3 Å². The lowest BCUT2D eigenvalue weighted by Gasteiger charge is -2.19. The Balaban J connectivity index is 1.51. The Kier molecular flexibility index (Phi) is 7.15. The number of hydrogen-bond donors (Lipinski definition) is 2. The Hall–Kier alpha value is -3.34. The highest BCUT2D eigenvalue weighted by molar-refractivity contribution is 8.00. The number of aromatic amines is 1. The van der Waals surface area contributed by atoms with Crippen molar-refractivity contribution >= 4 is 17.7 Å². The molecule has 1 saturated carbocycles. The zero-order valence-corrected chi connectivity index (χ0v) is 19.3. The summed E-state index contributed by atoms with van der Waals surface area (Å²) >= 11 is -0.203. The molecule has 0 bridgehead atoms. The number of carbonyl (C=O) groups excluding carboxylic acids is 1. The minimum atomic E-state index is -4.38. The number of aromatic nitrogens is 2. The molecule has 1 aliphatic carbocycles. The molecule has 35 heavy (non-hydrogen) atoms. The summed E-state index contributed by atoms with van der Waals surface area (Å²) in [4.78, 5) is 32.0. The van der Waals surface area contributed by atoms with Crippen LogP contribution in [-0.4, -0.2) is 28.5 Å². The fraction of sp³-hybridized carbons (Fsp3) is 0.292. The van der Waals surface area contributed by atoms with Crippen LogP contribution in [0.2, 0.25) is 0 Å². The largest absolute Gasteiger partial charge is 0.494 e. The number of nitrogens with zero attached hydrogens (tertiary/aromatic N) is 1. The van der Waals surface area contributed by atoms with Gasteiger partial charge in [0.05, 0.1) is 13.2 Å². The molecule has 3 aromatic rings. The molecule has 2 aromatic carbocycles. The molecule has 0 spiro atoms. The Morgan fingerprint density at radius 2 is 1.91 bits per heavy atom. The van der Waals surface area contributed by atoms with Crippen LogP contribution in [0, 0.1) is 11.7 Å². The van der Waals surface area contributed by atoms with Gasteiger partial charge in [0.1, 0.15) is 11.5 Å². The third-order valence-electron chi connectivity index (χ3n) is 5.46. The van der Waals surface area contributed by atoms with Crippen molar-refractivity contribution in [3.63, 3.8) is 0 Å². The summed E-state index contributed by atoms with van der Waals surface area (Å²) in [6, 6.07) is 10.8. The molecule has 6 nitrogen and oxygen atoms in total. The molecule has 1 amide bonds. The molecule has 1 heterocycles. The van der Waals surface area contributed by atoms with E-state index in [-0.39, 0.29) is 46.3 Å². The van der Waals surface area contributed by atoms with E-state index < -0.39 is 28.8 Å². The van der Waals surface area contributed by atoms with Gasteiger partial charge in [-0.1, -0.05) is 18.2 Å². The smallest absolute Gasteiger partial charge is 0.446 e. The second kappa shape index (κ2) is 10.1. The maximum absolute atomic E-state index is 14.0. The molecule has 0 aliphatic heterocycles. The molecule has 11 heteroatoms. The molecule has 0 radical (unpaired) electrons. The predicted octanol–water partition coefficient (Wildman–Crippen LogP) is 5.00. The fourth-order valence-corrected chi connectivity index (χ4v) is 4.26. The third kappa shape index (κ3) is 6.62. The van der Waals surface area contributed by atoms with E-state index in [1.54, 1.807) is 18.2 Å². The molecular weight excluding hydrogens is 486 g/mol. The second-order valence-corrected chi connectivity index (χ2v) is 9.27. The maximum Gasteiger partial charge on any atom is 0.446 e. The molecule has 2 N–H and O–H groups in total. The number of carbonyl (C=O) groups is 1. The Labute approximate surface area is 202 Å². The lowest BCUT2D eigenvalue weighted by Crippen LogP contribution is -2.32. The first-order valence-electron chi connectivity index (χ1n) is 10.7. The van der Waals surface area contributed by atoms with Crippen molar-refractivity contribution in [3.8, 4) is 5.75 Å². The average Bonchev–Trinajstić information content (AvgIpc) is 3.62. The Morgan fingerprint density at radius 3 is 2.51 bits per heavy atom. The van der Waals surface area contributed by atoms with Gasteiger partial charge < -0.3 is 15.0 Å². The molecule has 1 aliphatic rings. The SMILES string of the molecule is COc1ccc(Cc2nc(C(=O)NC(c3ccc(SC(F)(F)F)cc3)C3CC3)cc(=O)[nH]2)cc1F. The minimum Gasteiger partial charge on any atom is -0.494 e. The summed E-state index contributed by atoms with van der Waals surface area (Å²) in [6.07, 6.45) is 1.81. The Bertz CT molecular complexity index is 1270. The maximum atomic E-state index is 14.0. The predicted molar refractivity (Wildman–Crippen MR) is 122 cm³/mol. The van der Waals surface area contributed by atoms with Crippen LogP contribution in [0.15, 0.2) is 58.2 Å². The van der Waals surface area contributed by atoms with Gasteiger partial charge >= 0.3 is 5.51 Å². The number of thioether (sulfide) groups is 1. The summed E-state index contributed by atoms with van der Waals surface area (Å²) < 4.78 is 56.7. The van der Waals surface area contributed by atoms with Gasteiger partial charge in [-0.25, -0.2) is 9.37 Å². The zero-order chi connectivity index (χ0) is 25.2. The summed E-state index contributed by atoms with van der Waals surface area (Å²) in [5.41, 5.74) is -3.83. The molecule has 1 atom stereocenters. The molecule has 1 aromatic heterocycles. The molecular formula is C24H21F4N3O3S. The van der Waals surface area contributed by atoms with Gasteiger partial charge in [0.15, 0.2) is 11.6 Å². The van der Waals surface area contributed by atoms with E-state index in [2.05, 4.69) is 15.3 Å². The summed E-state index contributed by atoms with van der Waals surface area (Å²) in [6.45, 7) is 0. The molecule has 1 fully saturated rings.